The van der Waals surface area contributed by atoms with Gasteiger partial charge in [0.05, 0.1) is 24.4 Å². The van der Waals surface area contributed by atoms with Crippen molar-refractivity contribution in [2.75, 3.05) is 5.75 Å². The number of hydrogen-bond acceptors (Lipinski definition) is 6. The molecule has 216 valence electrons. The second kappa shape index (κ2) is 13.8. The summed E-state index contributed by atoms with van der Waals surface area (Å²) in [5.41, 5.74) is 6.13. The number of benzene rings is 4. The van der Waals surface area contributed by atoms with E-state index in [2.05, 4.69) is 5.32 Å². The number of rotatable bonds is 10. The minimum atomic E-state index is -0.945. The summed E-state index contributed by atoms with van der Waals surface area (Å²) < 4.78 is 12.9. The quantitative estimate of drug-likeness (QED) is 0.183. The van der Waals surface area contributed by atoms with Gasteiger partial charge < -0.3 is 25.0 Å². The zero-order chi connectivity index (χ0) is 29.5. The van der Waals surface area contributed by atoms with Crippen LogP contribution >= 0.6 is 11.8 Å². The minimum Gasteiger partial charge on any atom is -0.478 e. The van der Waals surface area contributed by atoms with E-state index in [9.17, 15) is 19.8 Å². The zero-order valence-electron chi connectivity index (χ0n) is 23.2. The Morgan fingerprint density at radius 1 is 0.881 bits per heavy atom. The number of amides is 1. The first-order chi connectivity index (χ1) is 20.4. The SMILES string of the molecule is CC(=O)NCc1ccccc1-c1ccc([C@H]2O[C@@H](CSc3ccc(C(=O)O)cc3)C[C@@H](c3ccc(CO)cc3)O2)cc1. The average Bonchev–Trinajstić information content (AvgIpc) is 3.03. The van der Waals surface area contributed by atoms with E-state index in [1.807, 2.05) is 84.9 Å². The number of aliphatic hydroxyl groups excluding tert-OH is 1. The molecule has 8 heteroatoms. The van der Waals surface area contributed by atoms with E-state index in [-0.39, 0.29) is 30.3 Å². The lowest BCUT2D eigenvalue weighted by Gasteiger charge is -2.36. The number of thioether (sulfide) groups is 1. The van der Waals surface area contributed by atoms with Gasteiger partial charge in [-0.05, 0) is 52.1 Å². The van der Waals surface area contributed by atoms with E-state index in [1.165, 1.54) is 6.92 Å². The maximum absolute atomic E-state index is 11.5. The molecule has 5 rings (SSSR count). The fourth-order valence-corrected chi connectivity index (χ4v) is 5.82. The van der Waals surface area contributed by atoms with Crippen LogP contribution in [-0.2, 0) is 27.4 Å². The second-order valence-electron chi connectivity index (χ2n) is 10.2. The molecule has 1 aliphatic rings. The van der Waals surface area contributed by atoms with Crippen LogP contribution < -0.4 is 5.32 Å². The third-order valence-corrected chi connectivity index (χ3v) is 8.34. The van der Waals surface area contributed by atoms with Crippen molar-refractivity contribution in [3.63, 3.8) is 0 Å². The van der Waals surface area contributed by atoms with E-state index >= 15 is 0 Å². The zero-order valence-corrected chi connectivity index (χ0v) is 24.1. The summed E-state index contributed by atoms with van der Waals surface area (Å²) in [6.45, 7) is 1.95. The number of carbonyl (C=O) groups is 2. The van der Waals surface area contributed by atoms with Gasteiger partial charge in [-0.1, -0.05) is 72.8 Å². The number of carboxylic acids is 1. The molecule has 1 fully saturated rings. The summed E-state index contributed by atoms with van der Waals surface area (Å²) in [6, 6.07) is 30.8. The molecule has 0 saturated carbocycles. The predicted octanol–water partition coefficient (Wildman–Crippen LogP) is 6.52. The summed E-state index contributed by atoms with van der Waals surface area (Å²) in [7, 11) is 0. The van der Waals surface area contributed by atoms with Crippen LogP contribution in [0.5, 0.6) is 0 Å². The van der Waals surface area contributed by atoms with Crippen molar-refractivity contribution < 1.29 is 29.3 Å². The van der Waals surface area contributed by atoms with E-state index < -0.39 is 12.3 Å². The predicted molar refractivity (Wildman–Crippen MR) is 162 cm³/mol. The Balaban J connectivity index is 1.35. The van der Waals surface area contributed by atoms with Crippen LogP contribution in [0.3, 0.4) is 0 Å². The molecule has 1 aliphatic heterocycles. The fraction of sp³-hybridized carbons (Fsp3) is 0.235. The van der Waals surface area contributed by atoms with Gasteiger partial charge in [0.25, 0.3) is 0 Å². The molecule has 1 saturated heterocycles. The maximum Gasteiger partial charge on any atom is 0.335 e. The second-order valence-corrected chi connectivity index (χ2v) is 11.3. The molecule has 3 N–H and O–H groups in total. The standard InChI is InChI=1S/C34H33NO6S/c1-22(37)35-19-28-4-2-3-5-31(28)24-10-12-27(13-11-24)34-40-29(21-42-30-16-14-26(15-17-30)33(38)39)18-32(41-34)25-8-6-23(20-36)7-9-25/h2-17,29,32,34,36H,18-21H2,1H3,(H,35,37)(H,38,39)/t29-,32+,34+/m1/s1. The Bertz CT molecular complexity index is 1500. The number of carbonyl (C=O) groups excluding carboxylic acids is 1. The van der Waals surface area contributed by atoms with Gasteiger partial charge in [0.2, 0.25) is 5.91 Å². The van der Waals surface area contributed by atoms with Crippen molar-refractivity contribution >= 4 is 23.6 Å². The third-order valence-electron chi connectivity index (χ3n) is 7.19. The molecule has 0 bridgehead atoms. The molecule has 0 aliphatic carbocycles. The summed E-state index contributed by atoms with van der Waals surface area (Å²) in [6.07, 6.45) is -0.239. The van der Waals surface area contributed by atoms with E-state index in [0.29, 0.717) is 18.7 Å². The van der Waals surface area contributed by atoms with Crippen molar-refractivity contribution in [1.82, 2.24) is 5.32 Å². The molecule has 0 radical (unpaired) electrons. The van der Waals surface area contributed by atoms with Crippen LogP contribution in [0.15, 0.2) is 102 Å². The van der Waals surface area contributed by atoms with Gasteiger partial charge in [0, 0.05) is 36.1 Å². The summed E-state index contributed by atoms with van der Waals surface area (Å²) in [5.74, 6) is -0.344. The van der Waals surface area contributed by atoms with E-state index in [0.717, 1.165) is 38.3 Å². The maximum atomic E-state index is 11.5. The fourth-order valence-electron chi connectivity index (χ4n) is 4.90. The van der Waals surface area contributed by atoms with Gasteiger partial charge >= 0.3 is 5.97 Å². The molecule has 0 spiro atoms. The number of aliphatic hydroxyl groups is 1. The highest BCUT2D eigenvalue weighted by Gasteiger charge is 2.32. The first-order valence-corrected chi connectivity index (χ1v) is 14.8. The molecule has 3 atom stereocenters. The smallest absolute Gasteiger partial charge is 0.335 e. The lowest BCUT2D eigenvalue weighted by atomic mass is 9.98. The molecule has 7 nitrogen and oxygen atoms in total. The molecule has 1 heterocycles. The van der Waals surface area contributed by atoms with Crippen molar-refractivity contribution in [1.29, 1.82) is 0 Å². The molecule has 4 aromatic rings. The van der Waals surface area contributed by atoms with Crippen LogP contribution in [0.4, 0.5) is 0 Å². The van der Waals surface area contributed by atoms with Crippen molar-refractivity contribution in [2.24, 2.45) is 0 Å². The highest BCUT2D eigenvalue weighted by molar-refractivity contribution is 7.99. The van der Waals surface area contributed by atoms with Gasteiger partial charge in [0.15, 0.2) is 6.29 Å². The highest BCUT2D eigenvalue weighted by Crippen LogP contribution is 2.40. The summed E-state index contributed by atoms with van der Waals surface area (Å²) >= 11 is 1.62. The van der Waals surface area contributed by atoms with Gasteiger partial charge in [-0.2, -0.15) is 0 Å². The van der Waals surface area contributed by atoms with Crippen LogP contribution in [-0.4, -0.2) is 33.9 Å². The van der Waals surface area contributed by atoms with Crippen LogP contribution in [0.1, 0.15) is 58.4 Å². The monoisotopic (exact) mass is 583 g/mol. The van der Waals surface area contributed by atoms with E-state index in [4.69, 9.17) is 9.47 Å². The van der Waals surface area contributed by atoms with Crippen LogP contribution in [0.25, 0.3) is 11.1 Å². The van der Waals surface area contributed by atoms with E-state index in [1.54, 1.807) is 23.9 Å². The van der Waals surface area contributed by atoms with Gasteiger partial charge in [0.1, 0.15) is 0 Å². The van der Waals surface area contributed by atoms with Gasteiger partial charge in [-0.3, -0.25) is 4.79 Å². The number of hydrogen-bond donors (Lipinski definition) is 3. The molecular weight excluding hydrogens is 550 g/mol. The number of nitrogens with one attached hydrogen (secondary N) is 1. The number of ether oxygens (including phenoxy) is 2. The molecule has 42 heavy (non-hydrogen) atoms. The third kappa shape index (κ3) is 7.46. The molecular formula is C34H33NO6S. The van der Waals surface area contributed by atoms with Crippen molar-refractivity contribution in [2.45, 2.75) is 49.9 Å². The average molecular weight is 584 g/mol. The van der Waals surface area contributed by atoms with Crippen molar-refractivity contribution in [3.05, 3.63) is 125 Å². The number of aromatic carboxylic acids is 1. The Morgan fingerprint density at radius 3 is 2.24 bits per heavy atom. The number of carboxylic acid groups (broad SMARTS) is 1. The lowest BCUT2D eigenvalue weighted by molar-refractivity contribution is -0.245. The summed E-state index contributed by atoms with van der Waals surface area (Å²) in [4.78, 5) is 23.6. The molecule has 0 unspecified atom stereocenters. The molecule has 4 aromatic carbocycles. The van der Waals surface area contributed by atoms with Crippen LogP contribution in [0.2, 0.25) is 0 Å². The minimum absolute atomic E-state index is 0.0161. The van der Waals surface area contributed by atoms with Gasteiger partial charge in [-0.15, -0.1) is 11.8 Å². The topological polar surface area (TPSA) is 105 Å². The Labute approximate surface area is 249 Å². The first-order valence-electron chi connectivity index (χ1n) is 13.8. The first kappa shape index (κ1) is 29.5. The van der Waals surface area contributed by atoms with Crippen molar-refractivity contribution in [3.8, 4) is 11.1 Å². The largest absolute Gasteiger partial charge is 0.478 e. The molecule has 1 amide bonds. The Morgan fingerprint density at radius 2 is 1.57 bits per heavy atom. The normalized spacial score (nSPS) is 18.4. The highest BCUT2D eigenvalue weighted by atomic mass is 32.2. The molecule has 0 aromatic heterocycles. The lowest BCUT2D eigenvalue weighted by Crippen LogP contribution is -2.31. The summed E-state index contributed by atoms with van der Waals surface area (Å²) in [5, 5.41) is 21.5. The van der Waals surface area contributed by atoms with Crippen LogP contribution in [0, 0.1) is 0 Å². The van der Waals surface area contributed by atoms with Gasteiger partial charge in [-0.25, -0.2) is 4.79 Å². The Hall–Kier alpha value is -3.95. The Kier molecular flexibility index (Phi) is 9.71.